The van der Waals surface area contributed by atoms with Gasteiger partial charge in [0.05, 0.1) is 12.3 Å². The molecule has 0 fully saturated rings. The van der Waals surface area contributed by atoms with Crippen LogP contribution in [0.2, 0.25) is 0 Å². The zero-order chi connectivity index (χ0) is 15.1. The number of carbonyl (C=O) groups is 1. The minimum Gasteiger partial charge on any atom is -0.462 e. The van der Waals surface area contributed by atoms with Gasteiger partial charge in [-0.15, -0.1) is 5.10 Å². The Kier molecular flexibility index (Phi) is 4.61. The van der Waals surface area contributed by atoms with E-state index in [1.165, 1.54) is 17.2 Å². The van der Waals surface area contributed by atoms with E-state index in [1.807, 2.05) is 6.07 Å². The van der Waals surface area contributed by atoms with E-state index >= 15 is 0 Å². The van der Waals surface area contributed by atoms with Gasteiger partial charge in [-0.3, -0.25) is 0 Å². The lowest BCUT2D eigenvalue weighted by Gasteiger charge is -2.05. The van der Waals surface area contributed by atoms with Crippen molar-refractivity contribution in [1.29, 1.82) is 5.26 Å². The number of aromatic nitrogens is 4. The first kappa shape index (κ1) is 14.2. The Morgan fingerprint density at radius 1 is 1.57 bits per heavy atom. The molecule has 0 aliphatic heterocycles. The van der Waals surface area contributed by atoms with Gasteiger partial charge in [0.25, 0.3) is 0 Å². The fraction of sp³-hybridized carbons (Fsp3) is 0.154. The molecule has 0 saturated heterocycles. The van der Waals surface area contributed by atoms with Crippen LogP contribution in [0.1, 0.15) is 6.92 Å². The second-order valence-electron chi connectivity index (χ2n) is 3.84. The maximum absolute atomic E-state index is 11.5. The van der Waals surface area contributed by atoms with Crippen LogP contribution in [-0.2, 0) is 9.53 Å². The summed E-state index contributed by atoms with van der Waals surface area (Å²) < 4.78 is 6.26. The Morgan fingerprint density at radius 3 is 3.10 bits per heavy atom. The molecule has 1 heterocycles. The predicted molar refractivity (Wildman–Crippen MR) is 73.1 cm³/mol. The van der Waals surface area contributed by atoms with Crippen molar-refractivity contribution in [2.24, 2.45) is 0 Å². The van der Waals surface area contributed by atoms with Crippen LogP contribution in [0.25, 0.3) is 5.69 Å². The lowest BCUT2D eigenvalue weighted by atomic mass is 10.2. The van der Waals surface area contributed by atoms with E-state index in [-0.39, 0.29) is 12.2 Å². The first-order chi connectivity index (χ1) is 10.2. The molecule has 1 aromatic carbocycles. The summed E-state index contributed by atoms with van der Waals surface area (Å²) in [5.74, 6) is -0.663. The van der Waals surface area contributed by atoms with Crippen LogP contribution in [-0.4, -0.2) is 32.8 Å². The van der Waals surface area contributed by atoms with Crippen molar-refractivity contribution >= 4 is 11.7 Å². The molecule has 0 spiro atoms. The molecule has 0 saturated carbocycles. The molecule has 0 atom stereocenters. The van der Waals surface area contributed by atoms with Crippen molar-refractivity contribution in [1.82, 2.24) is 20.2 Å². The summed E-state index contributed by atoms with van der Waals surface area (Å²) >= 11 is 0. The second-order valence-corrected chi connectivity index (χ2v) is 3.84. The maximum Gasteiger partial charge on any atom is 0.350 e. The highest BCUT2D eigenvalue weighted by Crippen LogP contribution is 2.13. The molecule has 0 aliphatic carbocycles. The van der Waals surface area contributed by atoms with Crippen molar-refractivity contribution in [3.63, 3.8) is 0 Å². The van der Waals surface area contributed by atoms with Crippen LogP contribution in [0.3, 0.4) is 0 Å². The molecule has 2 rings (SSSR count). The van der Waals surface area contributed by atoms with Crippen LogP contribution < -0.4 is 5.32 Å². The number of nitriles is 1. The van der Waals surface area contributed by atoms with Crippen LogP contribution >= 0.6 is 0 Å². The molecule has 0 unspecified atom stereocenters. The Morgan fingerprint density at radius 2 is 2.43 bits per heavy atom. The summed E-state index contributed by atoms with van der Waals surface area (Å²) in [7, 11) is 0. The molecule has 8 nitrogen and oxygen atoms in total. The van der Waals surface area contributed by atoms with Crippen molar-refractivity contribution in [2.75, 3.05) is 11.9 Å². The first-order valence-corrected chi connectivity index (χ1v) is 6.12. The van der Waals surface area contributed by atoms with Gasteiger partial charge in [-0.2, -0.15) is 5.26 Å². The van der Waals surface area contributed by atoms with E-state index in [1.54, 1.807) is 31.2 Å². The van der Waals surface area contributed by atoms with E-state index in [0.29, 0.717) is 5.69 Å². The summed E-state index contributed by atoms with van der Waals surface area (Å²) in [6.45, 7) is 1.89. The Labute approximate surface area is 120 Å². The minimum atomic E-state index is -0.663. The third kappa shape index (κ3) is 3.63. The molecule has 1 aromatic heterocycles. The average Bonchev–Trinajstić information content (AvgIpc) is 3.03. The second kappa shape index (κ2) is 6.81. The van der Waals surface area contributed by atoms with Gasteiger partial charge in [0, 0.05) is 11.9 Å². The topological polar surface area (TPSA) is 106 Å². The van der Waals surface area contributed by atoms with Crippen LogP contribution in [0.15, 0.2) is 42.4 Å². The summed E-state index contributed by atoms with van der Waals surface area (Å²) in [6.07, 6.45) is 2.77. The number of benzene rings is 1. The standard InChI is InChI=1S/C13H12N6O2/c1-2-21-13(20)10(7-14)8-15-11-4-3-5-12(6-11)19-9-16-17-18-19/h3-6,8-9,15H,2H2,1H3/b10-8+. The number of esters is 1. The number of hydrogen-bond donors (Lipinski definition) is 1. The summed E-state index contributed by atoms with van der Waals surface area (Å²) in [5.41, 5.74) is 1.32. The number of anilines is 1. The number of nitrogens with one attached hydrogen (secondary N) is 1. The molecule has 8 heteroatoms. The van der Waals surface area contributed by atoms with Gasteiger partial charge in [0.15, 0.2) is 5.57 Å². The SMILES string of the molecule is CCOC(=O)/C(C#N)=C/Nc1cccc(-n2cnnn2)c1. The molecule has 0 amide bonds. The Balaban J connectivity index is 2.15. The fourth-order valence-electron chi connectivity index (χ4n) is 1.52. The van der Waals surface area contributed by atoms with Gasteiger partial charge < -0.3 is 10.1 Å². The zero-order valence-corrected chi connectivity index (χ0v) is 11.2. The molecule has 21 heavy (non-hydrogen) atoms. The molecular formula is C13H12N6O2. The van der Waals surface area contributed by atoms with Crippen LogP contribution in [0.4, 0.5) is 5.69 Å². The number of hydrogen-bond acceptors (Lipinski definition) is 7. The van der Waals surface area contributed by atoms with Crippen molar-refractivity contribution in [3.05, 3.63) is 42.4 Å². The number of ether oxygens (including phenoxy) is 1. The van der Waals surface area contributed by atoms with Gasteiger partial charge in [-0.1, -0.05) is 6.07 Å². The van der Waals surface area contributed by atoms with E-state index in [9.17, 15) is 4.79 Å². The van der Waals surface area contributed by atoms with Gasteiger partial charge in [0.2, 0.25) is 0 Å². The molecule has 106 valence electrons. The van der Waals surface area contributed by atoms with E-state index in [4.69, 9.17) is 10.00 Å². The van der Waals surface area contributed by atoms with Crippen LogP contribution in [0.5, 0.6) is 0 Å². The maximum atomic E-state index is 11.5. The van der Waals surface area contributed by atoms with Crippen molar-refractivity contribution in [2.45, 2.75) is 6.92 Å². The number of nitrogens with zero attached hydrogens (tertiary/aromatic N) is 5. The smallest absolute Gasteiger partial charge is 0.350 e. The quantitative estimate of drug-likeness (QED) is 0.496. The lowest BCUT2D eigenvalue weighted by Crippen LogP contribution is -2.08. The number of rotatable bonds is 5. The van der Waals surface area contributed by atoms with Crippen LogP contribution in [0, 0.1) is 11.3 Å². The van der Waals surface area contributed by atoms with Gasteiger partial charge in [-0.05, 0) is 35.5 Å². The van der Waals surface area contributed by atoms with E-state index in [0.717, 1.165) is 5.69 Å². The van der Waals surface area contributed by atoms with Gasteiger partial charge in [-0.25, -0.2) is 9.48 Å². The van der Waals surface area contributed by atoms with E-state index < -0.39 is 5.97 Å². The van der Waals surface area contributed by atoms with Gasteiger partial charge >= 0.3 is 5.97 Å². The lowest BCUT2D eigenvalue weighted by molar-refractivity contribution is -0.138. The highest BCUT2D eigenvalue weighted by molar-refractivity contribution is 5.93. The first-order valence-electron chi connectivity index (χ1n) is 6.12. The predicted octanol–water partition coefficient (Wildman–Crippen LogP) is 1.04. The summed E-state index contributed by atoms with van der Waals surface area (Å²) in [4.78, 5) is 11.5. The fourth-order valence-corrected chi connectivity index (χ4v) is 1.52. The summed E-state index contributed by atoms with van der Waals surface area (Å²) in [5, 5.41) is 22.7. The molecule has 1 N–H and O–H groups in total. The van der Waals surface area contributed by atoms with Crippen molar-refractivity contribution in [3.8, 4) is 11.8 Å². The molecule has 0 aliphatic rings. The monoisotopic (exact) mass is 284 g/mol. The number of tetrazole rings is 1. The molecular weight excluding hydrogens is 272 g/mol. The highest BCUT2D eigenvalue weighted by atomic mass is 16.5. The summed E-state index contributed by atoms with van der Waals surface area (Å²) in [6, 6.07) is 8.96. The third-order valence-electron chi connectivity index (χ3n) is 2.46. The average molecular weight is 284 g/mol. The molecule has 0 radical (unpaired) electrons. The third-order valence-corrected chi connectivity index (χ3v) is 2.46. The molecule has 2 aromatic rings. The normalized spacial score (nSPS) is 10.8. The largest absolute Gasteiger partial charge is 0.462 e. The zero-order valence-electron chi connectivity index (χ0n) is 11.2. The van der Waals surface area contributed by atoms with Gasteiger partial charge in [0.1, 0.15) is 12.4 Å². The minimum absolute atomic E-state index is 0.107. The molecule has 0 bridgehead atoms. The highest BCUT2D eigenvalue weighted by Gasteiger charge is 2.09. The van der Waals surface area contributed by atoms with Crippen molar-refractivity contribution < 1.29 is 9.53 Å². The van der Waals surface area contributed by atoms with E-state index in [2.05, 4.69) is 20.8 Å². The number of carbonyl (C=O) groups excluding carboxylic acids is 1. The Bertz CT molecular complexity index is 687. The Hall–Kier alpha value is -3.21.